The highest BCUT2D eigenvalue weighted by molar-refractivity contribution is 6.05. The number of hydrogen-bond donors (Lipinski definition) is 1. The molecule has 0 saturated heterocycles. The van der Waals surface area contributed by atoms with Crippen molar-refractivity contribution in [2.45, 2.75) is 12.7 Å². The van der Waals surface area contributed by atoms with Gasteiger partial charge in [0.05, 0.1) is 12.2 Å². The first-order chi connectivity index (χ1) is 9.38. The summed E-state index contributed by atoms with van der Waals surface area (Å²) in [4.78, 5) is 11.2. The molecule has 108 valence electrons. The number of methoxy groups -OCH3 is 1. The number of fused-ring (bicyclic) bond motifs is 1. The Kier molecular flexibility index (Phi) is 3.71. The van der Waals surface area contributed by atoms with E-state index in [2.05, 4.69) is 0 Å². The lowest BCUT2D eigenvalue weighted by molar-refractivity contribution is -0.144. The van der Waals surface area contributed by atoms with E-state index in [-0.39, 0.29) is 24.1 Å². The number of carbonyl (C=O) groups is 1. The number of aromatic carboxylic acids is 1. The van der Waals surface area contributed by atoms with Gasteiger partial charge in [-0.15, -0.1) is 0 Å². The molecule has 20 heavy (non-hydrogen) atoms. The minimum atomic E-state index is -4.75. The third-order valence-corrected chi connectivity index (χ3v) is 2.97. The summed E-state index contributed by atoms with van der Waals surface area (Å²) in [6.45, 7) is -0.0139. The number of aromatic nitrogens is 1. The summed E-state index contributed by atoms with van der Waals surface area (Å²) >= 11 is 0. The van der Waals surface area contributed by atoms with E-state index in [1.54, 1.807) is 6.07 Å². The smallest absolute Gasteiger partial charge is 0.432 e. The Morgan fingerprint density at radius 2 is 2.00 bits per heavy atom. The van der Waals surface area contributed by atoms with Crippen molar-refractivity contribution in [2.24, 2.45) is 0 Å². The summed E-state index contributed by atoms with van der Waals surface area (Å²) < 4.78 is 45.4. The molecule has 0 aliphatic carbocycles. The molecule has 7 heteroatoms. The van der Waals surface area contributed by atoms with Gasteiger partial charge in [-0.3, -0.25) is 0 Å². The molecule has 0 aliphatic heterocycles. The first kappa shape index (κ1) is 14.4. The van der Waals surface area contributed by atoms with Crippen molar-refractivity contribution in [1.29, 1.82) is 0 Å². The van der Waals surface area contributed by atoms with E-state index in [4.69, 9.17) is 9.84 Å². The first-order valence-electron chi connectivity index (χ1n) is 5.78. The highest BCUT2D eigenvalue weighted by Gasteiger charge is 2.41. The van der Waals surface area contributed by atoms with Gasteiger partial charge < -0.3 is 14.4 Å². The summed E-state index contributed by atoms with van der Waals surface area (Å²) in [6, 6.07) is 5.91. The van der Waals surface area contributed by atoms with Crippen molar-refractivity contribution >= 4 is 16.9 Å². The van der Waals surface area contributed by atoms with Crippen molar-refractivity contribution < 1.29 is 27.8 Å². The second kappa shape index (κ2) is 5.16. The van der Waals surface area contributed by atoms with Gasteiger partial charge in [-0.2, -0.15) is 13.2 Å². The SMILES string of the molecule is COCCn1c(C(F)(F)F)c(C(=O)O)c2ccccc21. The molecule has 2 aromatic rings. The van der Waals surface area contributed by atoms with Gasteiger partial charge in [0.25, 0.3) is 0 Å². The highest BCUT2D eigenvalue weighted by atomic mass is 19.4. The molecule has 0 unspecified atom stereocenters. The normalized spacial score (nSPS) is 12.0. The van der Waals surface area contributed by atoms with Gasteiger partial charge in [-0.25, -0.2) is 4.79 Å². The number of hydrogen-bond acceptors (Lipinski definition) is 2. The number of halogens is 3. The van der Waals surface area contributed by atoms with Crippen LogP contribution in [-0.2, 0) is 17.5 Å². The van der Waals surface area contributed by atoms with Gasteiger partial charge in [-0.05, 0) is 6.07 Å². The van der Waals surface area contributed by atoms with Crippen LogP contribution >= 0.6 is 0 Å². The molecular formula is C13H12F3NO3. The van der Waals surface area contributed by atoms with E-state index < -0.39 is 23.4 Å². The molecule has 0 bridgehead atoms. The monoisotopic (exact) mass is 287 g/mol. The van der Waals surface area contributed by atoms with E-state index in [0.717, 1.165) is 4.57 Å². The molecule has 0 radical (unpaired) electrons. The second-order valence-electron chi connectivity index (χ2n) is 4.19. The zero-order valence-electron chi connectivity index (χ0n) is 10.6. The summed E-state index contributed by atoms with van der Waals surface area (Å²) in [5.74, 6) is -1.59. The standard InChI is InChI=1S/C13H12F3NO3/c1-20-7-6-17-9-5-3-2-4-8(9)10(12(18)19)11(17)13(14,15)16/h2-5H,6-7H2,1H3,(H,18,19). The predicted molar refractivity (Wildman–Crippen MR) is 65.8 cm³/mol. The highest BCUT2D eigenvalue weighted by Crippen LogP contribution is 2.38. The predicted octanol–water partition coefficient (Wildman–Crippen LogP) is 3.00. The summed E-state index contributed by atoms with van der Waals surface area (Å²) in [5.41, 5.74) is -1.64. The van der Waals surface area contributed by atoms with Crippen LogP contribution in [0.1, 0.15) is 16.1 Å². The van der Waals surface area contributed by atoms with Crippen molar-refractivity contribution in [3.63, 3.8) is 0 Å². The number of carboxylic acid groups (broad SMARTS) is 1. The summed E-state index contributed by atoms with van der Waals surface area (Å²) in [5, 5.41) is 9.19. The van der Waals surface area contributed by atoms with Gasteiger partial charge in [0, 0.05) is 24.6 Å². The van der Waals surface area contributed by atoms with Gasteiger partial charge in [0.1, 0.15) is 5.69 Å². The first-order valence-corrected chi connectivity index (χ1v) is 5.78. The number of ether oxygens (including phenoxy) is 1. The Bertz CT molecular complexity index is 646. The van der Waals surface area contributed by atoms with Crippen LogP contribution in [0.2, 0.25) is 0 Å². The Morgan fingerprint density at radius 1 is 1.35 bits per heavy atom. The molecule has 0 fully saturated rings. The third kappa shape index (κ3) is 2.36. The maximum Gasteiger partial charge on any atom is 0.432 e. The van der Waals surface area contributed by atoms with E-state index >= 15 is 0 Å². The van der Waals surface area contributed by atoms with Crippen LogP contribution in [0.25, 0.3) is 10.9 Å². The molecule has 2 rings (SSSR count). The minimum Gasteiger partial charge on any atom is -0.478 e. The molecule has 1 heterocycles. The van der Waals surface area contributed by atoms with Gasteiger partial charge in [-0.1, -0.05) is 18.2 Å². The number of rotatable bonds is 4. The van der Waals surface area contributed by atoms with E-state index in [0.29, 0.717) is 0 Å². The molecule has 4 nitrogen and oxygen atoms in total. The Balaban J connectivity index is 2.82. The van der Waals surface area contributed by atoms with Crippen molar-refractivity contribution in [3.05, 3.63) is 35.5 Å². The fraction of sp³-hybridized carbons (Fsp3) is 0.308. The van der Waals surface area contributed by atoms with Gasteiger partial charge in [0.15, 0.2) is 0 Å². The van der Waals surface area contributed by atoms with Crippen LogP contribution in [0.4, 0.5) is 13.2 Å². The van der Waals surface area contributed by atoms with Crippen LogP contribution < -0.4 is 0 Å². The second-order valence-corrected chi connectivity index (χ2v) is 4.19. The fourth-order valence-electron chi connectivity index (χ4n) is 2.23. The average Bonchev–Trinajstić information content (AvgIpc) is 2.71. The zero-order chi connectivity index (χ0) is 14.9. The van der Waals surface area contributed by atoms with Crippen molar-refractivity contribution in [3.8, 4) is 0 Å². The number of nitrogens with zero attached hydrogens (tertiary/aromatic N) is 1. The van der Waals surface area contributed by atoms with E-state index in [1.165, 1.54) is 25.3 Å². The van der Waals surface area contributed by atoms with Gasteiger partial charge in [0.2, 0.25) is 0 Å². The number of para-hydroxylation sites is 1. The van der Waals surface area contributed by atoms with Crippen LogP contribution in [0.5, 0.6) is 0 Å². The molecule has 0 saturated carbocycles. The average molecular weight is 287 g/mol. The lowest BCUT2D eigenvalue weighted by atomic mass is 10.1. The molecule has 0 aliphatic rings. The lowest BCUT2D eigenvalue weighted by Gasteiger charge is -2.13. The van der Waals surface area contributed by atoms with Gasteiger partial charge >= 0.3 is 12.1 Å². The van der Waals surface area contributed by atoms with Crippen molar-refractivity contribution in [1.82, 2.24) is 4.57 Å². The topological polar surface area (TPSA) is 51.5 Å². The fourth-order valence-corrected chi connectivity index (χ4v) is 2.23. The van der Waals surface area contributed by atoms with Crippen molar-refractivity contribution in [2.75, 3.05) is 13.7 Å². The van der Waals surface area contributed by atoms with Crippen LogP contribution in [-0.4, -0.2) is 29.4 Å². The van der Waals surface area contributed by atoms with Crippen LogP contribution in [0.3, 0.4) is 0 Å². The zero-order valence-corrected chi connectivity index (χ0v) is 10.6. The molecule has 0 spiro atoms. The largest absolute Gasteiger partial charge is 0.478 e. The molecule has 0 atom stereocenters. The maximum absolute atomic E-state index is 13.2. The maximum atomic E-state index is 13.2. The number of alkyl halides is 3. The molecular weight excluding hydrogens is 275 g/mol. The minimum absolute atomic E-state index is 0.0564. The number of benzene rings is 1. The quantitative estimate of drug-likeness (QED) is 0.940. The Morgan fingerprint density at radius 3 is 2.55 bits per heavy atom. The lowest BCUT2D eigenvalue weighted by Crippen LogP contribution is -2.19. The Labute approximate surface area is 112 Å². The summed E-state index contributed by atoms with van der Waals surface area (Å²) in [7, 11) is 1.37. The van der Waals surface area contributed by atoms with E-state index in [1.807, 2.05) is 0 Å². The van der Waals surface area contributed by atoms with Crippen LogP contribution in [0, 0.1) is 0 Å². The summed E-state index contributed by atoms with van der Waals surface area (Å²) in [6.07, 6.45) is -4.75. The number of carboxylic acids is 1. The third-order valence-electron chi connectivity index (χ3n) is 2.97. The molecule has 0 amide bonds. The van der Waals surface area contributed by atoms with Crippen LogP contribution in [0.15, 0.2) is 24.3 Å². The molecule has 1 N–H and O–H groups in total. The Hall–Kier alpha value is -2.02. The molecule has 1 aromatic carbocycles. The van der Waals surface area contributed by atoms with E-state index in [9.17, 15) is 18.0 Å². The molecule has 1 aromatic heterocycles.